The normalized spacial score (nSPS) is 15.5. The number of hydrazone groups is 1. The second kappa shape index (κ2) is 8.28. The van der Waals surface area contributed by atoms with Gasteiger partial charge in [-0.1, -0.05) is 48.5 Å². The molecule has 0 saturated carbocycles. The van der Waals surface area contributed by atoms with Crippen molar-refractivity contribution in [2.45, 2.75) is 25.9 Å². The number of aromatic hydroxyl groups is 1. The van der Waals surface area contributed by atoms with Crippen LogP contribution in [0.2, 0.25) is 0 Å². The Morgan fingerprint density at radius 2 is 1.87 bits per heavy atom. The molecule has 4 rings (SSSR count). The van der Waals surface area contributed by atoms with Crippen LogP contribution in [0.25, 0.3) is 0 Å². The average molecular weight is 406 g/mol. The highest BCUT2D eigenvalue weighted by Crippen LogP contribution is 2.32. The molecule has 2 heterocycles. The number of ether oxygens (including phenoxy) is 1. The predicted octanol–water partition coefficient (Wildman–Crippen LogP) is 2.13. The van der Waals surface area contributed by atoms with E-state index in [9.17, 15) is 14.7 Å². The number of H-pyrrole nitrogens is 1. The number of nitrogens with zero attached hydrogens (tertiary/aromatic N) is 2. The van der Waals surface area contributed by atoms with Gasteiger partial charge in [0.25, 0.3) is 5.56 Å². The molecule has 0 bridgehead atoms. The zero-order chi connectivity index (χ0) is 21.1. The van der Waals surface area contributed by atoms with Crippen molar-refractivity contribution in [2.24, 2.45) is 5.10 Å². The van der Waals surface area contributed by atoms with Crippen LogP contribution in [0.15, 0.2) is 69.3 Å². The maximum atomic E-state index is 12.5. The van der Waals surface area contributed by atoms with E-state index in [2.05, 4.69) is 15.5 Å². The Kier molecular flexibility index (Phi) is 5.38. The number of rotatable bonds is 6. The standard InChI is InChI=1S/C22H22N4O4/c1-2-30-18-11-7-6-10-15(18)16-12-17(25-24-16)19-20(27)23-22(29)26(21(19)28)13-14-8-4-3-5-9-14/h3-11,16,24,28H,2,12-13H2,1H3,(H,23,27,29)/t16-/m1/s1. The quantitative estimate of drug-likeness (QED) is 0.581. The molecule has 3 aromatic rings. The van der Waals surface area contributed by atoms with Crippen LogP contribution in [0, 0.1) is 0 Å². The van der Waals surface area contributed by atoms with E-state index in [4.69, 9.17) is 4.74 Å². The Morgan fingerprint density at radius 1 is 1.13 bits per heavy atom. The summed E-state index contributed by atoms with van der Waals surface area (Å²) in [5.41, 5.74) is 3.79. The molecule has 2 aromatic carbocycles. The molecule has 1 aliphatic heterocycles. The van der Waals surface area contributed by atoms with Crippen molar-refractivity contribution < 1.29 is 9.84 Å². The van der Waals surface area contributed by atoms with Gasteiger partial charge >= 0.3 is 5.69 Å². The summed E-state index contributed by atoms with van der Waals surface area (Å²) in [4.78, 5) is 27.1. The van der Waals surface area contributed by atoms with Crippen molar-refractivity contribution in [3.63, 3.8) is 0 Å². The van der Waals surface area contributed by atoms with Crippen LogP contribution in [-0.2, 0) is 6.54 Å². The molecule has 154 valence electrons. The molecular weight excluding hydrogens is 384 g/mol. The fourth-order valence-corrected chi connectivity index (χ4v) is 3.57. The monoisotopic (exact) mass is 406 g/mol. The van der Waals surface area contributed by atoms with E-state index >= 15 is 0 Å². The number of hydrogen-bond donors (Lipinski definition) is 3. The van der Waals surface area contributed by atoms with Gasteiger partial charge < -0.3 is 15.3 Å². The van der Waals surface area contributed by atoms with Crippen LogP contribution in [0.1, 0.15) is 36.1 Å². The van der Waals surface area contributed by atoms with Gasteiger partial charge in [0.2, 0.25) is 5.88 Å². The first kappa shape index (κ1) is 19.5. The Labute approximate surface area is 172 Å². The van der Waals surface area contributed by atoms with E-state index in [1.54, 1.807) is 0 Å². The average Bonchev–Trinajstić information content (AvgIpc) is 3.22. The Balaban J connectivity index is 1.66. The number of aromatic nitrogens is 2. The molecule has 1 atom stereocenters. The van der Waals surface area contributed by atoms with Gasteiger partial charge in [0, 0.05) is 12.0 Å². The van der Waals surface area contributed by atoms with Crippen LogP contribution < -0.4 is 21.4 Å². The third-order valence-corrected chi connectivity index (χ3v) is 4.99. The molecule has 8 nitrogen and oxygen atoms in total. The van der Waals surface area contributed by atoms with Gasteiger partial charge in [-0.15, -0.1) is 0 Å². The van der Waals surface area contributed by atoms with Gasteiger partial charge in [0.15, 0.2) is 0 Å². The minimum Gasteiger partial charge on any atom is -0.494 e. The molecule has 0 aliphatic carbocycles. The lowest BCUT2D eigenvalue weighted by molar-refractivity contribution is 0.332. The summed E-state index contributed by atoms with van der Waals surface area (Å²) in [6.45, 7) is 2.57. The zero-order valence-corrected chi connectivity index (χ0v) is 16.5. The lowest BCUT2D eigenvalue weighted by Crippen LogP contribution is -2.34. The molecule has 0 amide bonds. The Hall–Kier alpha value is -3.81. The highest BCUT2D eigenvalue weighted by Gasteiger charge is 2.28. The Morgan fingerprint density at radius 3 is 2.63 bits per heavy atom. The first-order valence-corrected chi connectivity index (χ1v) is 9.72. The topological polar surface area (TPSA) is 109 Å². The summed E-state index contributed by atoms with van der Waals surface area (Å²) in [6, 6.07) is 16.6. The zero-order valence-electron chi connectivity index (χ0n) is 16.5. The van der Waals surface area contributed by atoms with Crippen LogP contribution in [0.5, 0.6) is 11.6 Å². The summed E-state index contributed by atoms with van der Waals surface area (Å²) in [6.07, 6.45) is 0.365. The lowest BCUT2D eigenvalue weighted by atomic mass is 9.99. The number of benzene rings is 2. The SMILES string of the molecule is CCOc1ccccc1[C@H]1CC(c2c(O)n(Cc3ccccc3)c(=O)[nH]c2=O)=NN1. The second-order valence-electron chi connectivity index (χ2n) is 6.94. The summed E-state index contributed by atoms with van der Waals surface area (Å²) in [5, 5.41) is 15.1. The van der Waals surface area contributed by atoms with E-state index < -0.39 is 17.1 Å². The smallest absolute Gasteiger partial charge is 0.331 e. The van der Waals surface area contributed by atoms with Crippen LogP contribution in [0.4, 0.5) is 0 Å². The molecule has 0 unspecified atom stereocenters. The first-order chi connectivity index (χ1) is 14.6. The van der Waals surface area contributed by atoms with E-state index in [0.717, 1.165) is 21.4 Å². The maximum absolute atomic E-state index is 12.5. The van der Waals surface area contributed by atoms with Crippen molar-refractivity contribution in [1.29, 1.82) is 0 Å². The van der Waals surface area contributed by atoms with Crippen molar-refractivity contribution in [1.82, 2.24) is 15.0 Å². The van der Waals surface area contributed by atoms with Crippen LogP contribution in [-0.4, -0.2) is 27.0 Å². The third-order valence-electron chi connectivity index (χ3n) is 4.99. The molecular formula is C22H22N4O4. The number of hydrogen-bond acceptors (Lipinski definition) is 6. The molecule has 0 fully saturated rings. The van der Waals surface area contributed by atoms with Crippen molar-refractivity contribution >= 4 is 5.71 Å². The predicted molar refractivity (Wildman–Crippen MR) is 113 cm³/mol. The summed E-state index contributed by atoms with van der Waals surface area (Å²) < 4.78 is 6.82. The van der Waals surface area contributed by atoms with Crippen molar-refractivity contribution in [2.75, 3.05) is 6.61 Å². The fourth-order valence-electron chi connectivity index (χ4n) is 3.57. The molecule has 0 radical (unpaired) electrons. The number of nitrogens with one attached hydrogen (secondary N) is 2. The van der Waals surface area contributed by atoms with E-state index in [1.807, 2.05) is 61.5 Å². The molecule has 3 N–H and O–H groups in total. The summed E-state index contributed by atoms with van der Waals surface area (Å²) >= 11 is 0. The molecule has 0 spiro atoms. The molecule has 8 heteroatoms. The van der Waals surface area contributed by atoms with Gasteiger partial charge in [0.05, 0.1) is 24.9 Å². The largest absolute Gasteiger partial charge is 0.494 e. The van der Waals surface area contributed by atoms with Gasteiger partial charge in [-0.25, -0.2) is 4.79 Å². The molecule has 0 saturated heterocycles. The molecule has 30 heavy (non-hydrogen) atoms. The van der Waals surface area contributed by atoms with Crippen molar-refractivity contribution in [3.8, 4) is 11.6 Å². The van der Waals surface area contributed by atoms with E-state index in [0.29, 0.717) is 18.7 Å². The van der Waals surface area contributed by atoms with Gasteiger partial charge in [-0.2, -0.15) is 5.10 Å². The van der Waals surface area contributed by atoms with E-state index in [-0.39, 0.29) is 18.2 Å². The molecule has 1 aromatic heterocycles. The highest BCUT2D eigenvalue weighted by atomic mass is 16.5. The second-order valence-corrected chi connectivity index (χ2v) is 6.94. The van der Waals surface area contributed by atoms with Crippen LogP contribution in [0.3, 0.4) is 0 Å². The first-order valence-electron chi connectivity index (χ1n) is 9.72. The minimum absolute atomic E-state index is 0.00516. The third kappa shape index (κ3) is 3.71. The Bertz CT molecular complexity index is 1200. The van der Waals surface area contributed by atoms with Gasteiger partial charge in [0.1, 0.15) is 11.3 Å². The van der Waals surface area contributed by atoms with Gasteiger partial charge in [-0.05, 0) is 18.6 Å². The van der Waals surface area contributed by atoms with Crippen LogP contribution >= 0.6 is 0 Å². The number of para-hydroxylation sites is 1. The maximum Gasteiger partial charge on any atom is 0.331 e. The summed E-state index contributed by atoms with van der Waals surface area (Å²) in [7, 11) is 0. The van der Waals surface area contributed by atoms with Crippen molar-refractivity contribution in [3.05, 3.63) is 92.1 Å². The minimum atomic E-state index is -0.671. The highest BCUT2D eigenvalue weighted by molar-refractivity contribution is 6.03. The lowest BCUT2D eigenvalue weighted by Gasteiger charge is -2.15. The molecule has 1 aliphatic rings. The fraction of sp³-hybridized carbons (Fsp3) is 0.227. The number of aromatic amines is 1. The summed E-state index contributed by atoms with van der Waals surface area (Å²) in [5.74, 6) is 0.341. The van der Waals surface area contributed by atoms with E-state index in [1.165, 1.54) is 0 Å². The van der Waals surface area contributed by atoms with Gasteiger partial charge in [-0.3, -0.25) is 14.3 Å².